The molecule has 1 aromatic heterocycles. The number of carbonyl (C=O) groups excluding carboxylic acids is 2. The lowest BCUT2D eigenvalue weighted by atomic mass is 9.91. The number of furan rings is 1. The molecular formula is C22H25IN2O3. The molecule has 2 amide bonds. The van der Waals surface area contributed by atoms with Crippen LogP contribution in [-0.2, 0) is 4.79 Å². The summed E-state index contributed by atoms with van der Waals surface area (Å²) in [5.74, 6) is 1.39. The molecule has 6 heteroatoms. The van der Waals surface area contributed by atoms with Crippen molar-refractivity contribution in [3.8, 4) is 0 Å². The zero-order valence-corrected chi connectivity index (χ0v) is 18.5. The maximum absolute atomic E-state index is 12.9. The predicted octanol–water partition coefficient (Wildman–Crippen LogP) is 4.96. The maximum Gasteiger partial charge on any atom is 0.253 e. The number of amides is 2. The van der Waals surface area contributed by atoms with E-state index in [-0.39, 0.29) is 11.8 Å². The van der Waals surface area contributed by atoms with E-state index in [4.69, 9.17) is 4.42 Å². The highest BCUT2D eigenvalue weighted by molar-refractivity contribution is 14.1. The van der Waals surface area contributed by atoms with E-state index in [9.17, 15) is 9.59 Å². The van der Waals surface area contributed by atoms with Gasteiger partial charge in [-0.25, -0.2) is 0 Å². The lowest BCUT2D eigenvalue weighted by molar-refractivity contribution is -0.111. The molecule has 2 unspecified atom stereocenters. The first-order chi connectivity index (χ1) is 13.3. The smallest absolute Gasteiger partial charge is 0.253 e. The van der Waals surface area contributed by atoms with Crippen LogP contribution in [0.2, 0.25) is 0 Å². The van der Waals surface area contributed by atoms with Crippen LogP contribution in [0.5, 0.6) is 0 Å². The summed E-state index contributed by atoms with van der Waals surface area (Å²) in [6, 6.07) is 9.11. The van der Waals surface area contributed by atoms with E-state index in [1.807, 2.05) is 30.0 Å². The lowest BCUT2D eigenvalue weighted by Gasteiger charge is -2.35. The van der Waals surface area contributed by atoms with Crippen LogP contribution in [0.1, 0.15) is 41.9 Å². The highest BCUT2D eigenvalue weighted by Crippen LogP contribution is 2.24. The second-order valence-corrected chi connectivity index (χ2v) is 8.71. The molecule has 1 N–H and O–H groups in total. The zero-order valence-electron chi connectivity index (χ0n) is 16.4. The number of likely N-dealkylation sites (tertiary alicyclic amines) is 1. The number of halogens is 1. The Bertz CT molecular complexity index is 893. The number of anilines is 1. The second kappa shape index (κ2) is 8.94. The molecule has 1 aromatic carbocycles. The molecule has 0 saturated carbocycles. The van der Waals surface area contributed by atoms with Crippen molar-refractivity contribution in [3.05, 3.63) is 57.1 Å². The van der Waals surface area contributed by atoms with Gasteiger partial charge in [-0.15, -0.1) is 0 Å². The third kappa shape index (κ3) is 5.25. The van der Waals surface area contributed by atoms with Gasteiger partial charge >= 0.3 is 0 Å². The lowest BCUT2D eigenvalue weighted by Crippen LogP contribution is -2.42. The Morgan fingerprint density at radius 3 is 2.54 bits per heavy atom. The fourth-order valence-corrected chi connectivity index (χ4v) is 4.09. The molecule has 2 aromatic rings. The number of nitrogens with zero attached hydrogens (tertiary/aromatic N) is 1. The molecule has 1 aliphatic heterocycles. The molecule has 0 radical (unpaired) electrons. The van der Waals surface area contributed by atoms with Crippen LogP contribution in [0.3, 0.4) is 0 Å². The van der Waals surface area contributed by atoms with Gasteiger partial charge in [0.15, 0.2) is 3.77 Å². The summed E-state index contributed by atoms with van der Waals surface area (Å²) in [5.41, 5.74) is 2.16. The molecule has 3 rings (SSSR count). The van der Waals surface area contributed by atoms with Gasteiger partial charge in [0.05, 0.1) is 0 Å². The first-order valence-corrected chi connectivity index (χ1v) is 10.5. The van der Waals surface area contributed by atoms with Crippen LogP contribution in [0.25, 0.3) is 6.08 Å². The normalized spacial score (nSPS) is 19.8. The molecular weight excluding hydrogens is 467 g/mol. The van der Waals surface area contributed by atoms with E-state index >= 15 is 0 Å². The van der Waals surface area contributed by atoms with Gasteiger partial charge in [-0.1, -0.05) is 19.9 Å². The van der Waals surface area contributed by atoms with Gasteiger partial charge in [-0.05, 0) is 83.7 Å². The molecule has 1 aliphatic rings. The number of hydrogen-bond donors (Lipinski definition) is 1. The average Bonchev–Trinajstić information content (AvgIpc) is 3.06. The molecule has 2 heterocycles. The Kier molecular flexibility index (Phi) is 6.59. The number of aryl methyl sites for hydroxylation is 1. The summed E-state index contributed by atoms with van der Waals surface area (Å²) in [6.45, 7) is 7.84. The molecule has 0 bridgehead atoms. The minimum atomic E-state index is -0.265. The van der Waals surface area contributed by atoms with Crippen LogP contribution in [0, 0.1) is 22.5 Å². The molecule has 0 spiro atoms. The van der Waals surface area contributed by atoms with E-state index < -0.39 is 0 Å². The maximum atomic E-state index is 12.9. The highest BCUT2D eigenvalue weighted by atomic mass is 127. The number of piperidine rings is 1. The van der Waals surface area contributed by atoms with Crippen LogP contribution < -0.4 is 5.32 Å². The molecule has 1 fully saturated rings. The average molecular weight is 492 g/mol. The monoisotopic (exact) mass is 492 g/mol. The fourth-order valence-electron chi connectivity index (χ4n) is 3.65. The van der Waals surface area contributed by atoms with Crippen LogP contribution in [0.15, 0.2) is 40.8 Å². The van der Waals surface area contributed by atoms with Gasteiger partial charge in [-0.2, -0.15) is 0 Å². The van der Waals surface area contributed by atoms with E-state index in [0.29, 0.717) is 28.8 Å². The first-order valence-electron chi connectivity index (χ1n) is 9.46. The van der Waals surface area contributed by atoms with Crippen molar-refractivity contribution in [1.82, 2.24) is 4.90 Å². The van der Waals surface area contributed by atoms with Crippen molar-refractivity contribution in [2.45, 2.75) is 27.2 Å². The van der Waals surface area contributed by atoms with Gasteiger partial charge in [0.25, 0.3) is 5.91 Å². The van der Waals surface area contributed by atoms with Crippen molar-refractivity contribution in [2.24, 2.45) is 11.8 Å². The molecule has 1 saturated heterocycles. The molecule has 148 valence electrons. The standard InChI is InChI=1S/C22H25IN2O3/c1-14-10-15(2)13-25(12-14)22(27)17-5-4-16(3)19(11-17)24-21(26)9-7-18-6-8-20(23)28-18/h4-9,11,14-15H,10,12-13H2,1-3H3,(H,24,26). The van der Waals surface area contributed by atoms with Gasteiger partial charge < -0.3 is 14.6 Å². The Hall–Kier alpha value is -2.09. The SMILES string of the molecule is Cc1ccc(C(=O)N2CC(C)CC(C)C2)cc1NC(=O)C=Cc1ccc(I)o1. The second-order valence-electron chi connectivity index (χ2n) is 7.65. The Morgan fingerprint density at radius 1 is 1.18 bits per heavy atom. The number of carbonyl (C=O) groups is 2. The third-order valence-corrected chi connectivity index (χ3v) is 5.47. The van der Waals surface area contributed by atoms with E-state index in [2.05, 4.69) is 41.8 Å². The minimum Gasteiger partial charge on any atom is -0.451 e. The van der Waals surface area contributed by atoms with E-state index in [0.717, 1.165) is 28.8 Å². The molecule has 2 atom stereocenters. The van der Waals surface area contributed by atoms with Crippen molar-refractivity contribution in [2.75, 3.05) is 18.4 Å². The van der Waals surface area contributed by atoms with Crippen LogP contribution in [-0.4, -0.2) is 29.8 Å². The topological polar surface area (TPSA) is 62.6 Å². The Morgan fingerprint density at radius 2 is 1.89 bits per heavy atom. The highest BCUT2D eigenvalue weighted by Gasteiger charge is 2.26. The summed E-state index contributed by atoms with van der Waals surface area (Å²) in [4.78, 5) is 27.1. The van der Waals surface area contributed by atoms with Gasteiger partial charge in [0, 0.05) is 30.4 Å². The van der Waals surface area contributed by atoms with Crippen molar-refractivity contribution < 1.29 is 14.0 Å². The number of hydrogen-bond acceptors (Lipinski definition) is 3. The molecule has 0 aliphatic carbocycles. The van der Waals surface area contributed by atoms with E-state index in [1.54, 1.807) is 18.2 Å². The summed E-state index contributed by atoms with van der Waals surface area (Å²) < 4.78 is 6.18. The van der Waals surface area contributed by atoms with Gasteiger partial charge in [-0.3, -0.25) is 9.59 Å². The zero-order chi connectivity index (χ0) is 20.3. The summed E-state index contributed by atoms with van der Waals surface area (Å²) in [5, 5.41) is 2.86. The van der Waals surface area contributed by atoms with Gasteiger partial charge in [0.2, 0.25) is 5.91 Å². The van der Waals surface area contributed by atoms with Crippen LogP contribution >= 0.6 is 22.6 Å². The van der Waals surface area contributed by atoms with Crippen LogP contribution in [0.4, 0.5) is 5.69 Å². The number of nitrogens with one attached hydrogen (secondary N) is 1. The van der Waals surface area contributed by atoms with E-state index in [1.165, 1.54) is 6.08 Å². The predicted molar refractivity (Wildman–Crippen MR) is 119 cm³/mol. The third-order valence-electron chi connectivity index (χ3n) is 4.89. The summed E-state index contributed by atoms with van der Waals surface area (Å²) >= 11 is 2.07. The summed E-state index contributed by atoms with van der Waals surface area (Å²) in [7, 11) is 0. The summed E-state index contributed by atoms with van der Waals surface area (Å²) in [6.07, 6.45) is 4.20. The largest absolute Gasteiger partial charge is 0.451 e. The van der Waals surface area contributed by atoms with Gasteiger partial charge in [0.1, 0.15) is 5.76 Å². The first kappa shape index (κ1) is 20.6. The Balaban J connectivity index is 1.71. The quantitative estimate of drug-likeness (QED) is 0.485. The van der Waals surface area contributed by atoms with Crippen molar-refractivity contribution in [1.29, 1.82) is 0 Å². The minimum absolute atomic E-state index is 0.0228. The van der Waals surface area contributed by atoms with Crippen molar-refractivity contribution in [3.63, 3.8) is 0 Å². The van der Waals surface area contributed by atoms with Crippen molar-refractivity contribution >= 4 is 46.2 Å². The molecule has 5 nitrogen and oxygen atoms in total. The Labute approximate surface area is 179 Å². The number of rotatable bonds is 4. The fraction of sp³-hybridized carbons (Fsp3) is 0.364. The number of benzene rings is 1. The molecule has 28 heavy (non-hydrogen) atoms.